The first-order chi connectivity index (χ1) is 13.7. The molecule has 1 aromatic rings. The number of hydrogen-bond donors (Lipinski definition) is 2. The van der Waals surface area contributed by atoms with Gasteiger partial charge in [0.25, 0.3) is 5.91 Å². The molecule has 0 aromatic heterocycles. The monoisotopic (exact) mass is 411 g/mol. The van der Waals surface area contributed by atoms with E-state index in [1.165, 1.54) is 6.07 Å². The van der Waals surface area contributed by atoms with E-state index in [2.05, 4.69) is 15.5 Å². The molecule has 1 heterocycles. The summed E-state index contributed by atoms with van der Waals surface area (Å²) in [4.78, 5) is 26.1. The first-order valence-electron chi connectivity index (χ1n) is 9.97. The number of nitrogens with zero attached hydrogens (tertiary/aromatic N) is 1. The lowest BCUT2D eigenvalue weighted by molar-refractivity contribution is 0.0924. The standard InChI is InChI=1S/C21H31F2N3O3/c1-21(2,3)25-20(28)29-9-8-26-6-4-15(5-7-26)14-24-19(27)17-10-16(13-22)11-18(23)12-17/h10-12,15H,4-9,13-14H2,1-3H3,(H,24,27)(H,25,28). The van der Waals surface area contributed by atoms with Crippen LogP contribution in [-0.2, 0) is 11.4 Å². The van der Waals surface area contributed by atoms with E-state index in [4.69, 9.17) is 4.74 Å². The molecule has 29 heavy (non-hydrogen) atoms. The van der Waals surface area contributed by atoms with Crippen molar-refractivity contribution < 1.29 is 23.1 Å². The van der Waals surface area contributed by atoms with Crippen molar-refractivity contribution in [1.29, 1.82) is 0 Å². The van der Waals surface area contributed by atoms with Crippen molar-refractivity contribution >= 4 is 12.0 Å². The Morgan fingerprint density at radius 1 is 1.21 bits per heavy atom. The quantitative estimate of drug-likeness (QED) is 0.723. The van der Waals surface area contributed by atoms with Crippen LogP contribution in [0.15, 0.2) is 18.2 Å². The molecule has 0 radical (unpaired) electrons. The number of carbonyl (C=O) groups is 2. The van der Waals surface area contributed by atoms with Crippen molar-refractivity contribution in [2.45, 2.75) is 45.8 Å². The topological polar surface area (TPSA) is 70.7 Å². The second-order valence-electron chi connectivity index (χ2n) is 8.49. The Morgan fingerprint density at radius 3 is 2.52 bits per heavy atom. The van der Waals surface area contributed by atoms with Gasteiger partial charge in [-0.25, -0.2) is 13.6 Å². The Morgan fingerprint density at radius 2 is 1.90 bits per heavy atom. The van der Waals surface area contributed by atoms with Crippen LogP contribution in [0.3, 0.4) is 0 Å². The summed E-state index contributed by atoms with van der Waals surface area (Å²) in [6.07, 6.45) is 1.41. The molecule has 162 valence electrons. The number of alkyl halides is 1. The summed E-state index contributed by atoms with van der Waals surface area (Å²) in [7, 11) is 0. The summed E-state index contributed by atoms with van der Waals surface area (Å²) in [6.45, 7) is 8.10. The highest BCUT2D eigenvalue weighted by molar-refractivity contribution is 5.94. The van der Waals surface area contributed by atoms with E-state index < -0.39 is 18.6 Å². The summed E-state index contributed by atoms with van der Waals surface area (Å²) < 4.78 is 31.4. The van der Waals surface area contributed by atoms with Gasteiger partial charge in [-0.3, -0.25) is 9.69 Å². The summed E-state index contributed by atoms with van der Waals surface area (Å²) in [5, 5.41) is 5.57. The van der Waals surface area contributed by atoms with Crippen LogP contribution in [-0.4, -0.2) is 55.2 Å². The lowest BCUT2D eigenvalue weighted by Crippen LogP contribution is -2.43. The molecule has 1 saturated heterocycles. The highest BCUT2D eigenvalue weighted by Gasteiger charge is 2.21. The SMILES string of the molecule is CC(C)(C)NC(=O)OCCN1CCC(CNC(=O)c2cc(F)cc(CF)c2)CC1. The molecule has 1 aromatic carbocycles. The first kappa shape index (κ1) is 23.1. The molecule has 1 fully saturated rings. The van der Waals surface area contributed by atoms with Gasteiger partial charge in [0, 0.05) is 24.2 Å². The fraction of sp³-hybridized carbons (Fsp3) is 0.619. The predicted molar refractivity (Wildman–Crippen MR) is 107 cm³/mol. The summed E-state index contributed by atoms with van der Waals surface area (Å²) in [5.74, 6) is -0.675. The van der Waals surface area contributed by atoms with Crippen molar-refractivity contribution in [1.82, 2.24) is 15.5 Å². The number of ether oxygens (including phenoxy) is 1. The molecule has 0 saturated carbocycles. The third-order valence-electron chi connectivity index (χ3n) is 4.75. The number of piperidine rings is 1. The maximum absolute atomic E-state index is 13.5. The molecule has 1 aliphatic heterocycles. The van der Waals surface area contributed by atoms with Gasteiger partial charge in [-0.15, -0.1) is 0 Å². The molecule has 2 N–H and O–H groups in total. The average Bonchev–Trinajstić information content (AvgIpc) is 2.65. The lowest BCUT2D eigenvalue weighted by atomic mass is 9.96. The third kappa shape index (κ3) is 8.35. The Kier molecular flexibility index (Phi) is 8.37. The van der Waals surface area contributed by atoms with E-state index in [1.54, 1.807) is 0 Å². The van der Waals surface area contributed by atoms with Crippen molar-refractivity contribution in [3.8, 4) is 0 Å². The van der Waals surface area contributed by atoms with Gasteiger partial charge in [0.05, 0.1) is 0 Å². The van der Waals surface area contributed by atoms with Crippen LogP contribution in [0.2, 0.25) is 0 Å². The van der Waals surface area contributed by atoms with Gasteiger partial charge in [0.1, 0.15) is 19.1 Å². The van der Waals surface area contributed by atoms with Crippen LogP contribution in [0, 0.1) is 11.7 Å². The number of amides is 2. The van der Waals surface area contributed by atoms with Crippen molar-refractivity contribution in [2.24, 2.45) is 5.92 Å². The zero-order valence-corrected chi connectivity index (χ0v) is 17.4. The fourth-order valence-electron chi connectivity index (χ4n) is 3.22. The van der Waals surface area contributed by atoms with Crippen LogP contribution < -0.4 is 10.6 Å². The third-order valence-corrected chi connectivity index (χ3v) is 4.75. The molecule has 6 nitrogen and oxygen atoms in total. The lowest BCUT2D eigenvalue weighted by Gasteiger charge is -2.31. The van der Waals surface area contributed by atoms with Gasteiger partial charge in [0.2, 0.25) is 0 Å². The van der Waals surface area contributed by atoms with Crippen molar-refractivity contribution in [3.05, 3.63) is 35.1 Å². The molecule has 0 spiro atoms. The number of hydrogen-bond acceptors (Lipinski definition) is 4. The number of halogens is 2. The number of likely N-dealkylation sites (tertiary alicyclic amines) is 1. The normalized spacial score (nSPS) is 15.8. The predicted octanol–water partition coefficient (Wildman–Crippen LogP) is 3.26. The van der Waals surface area contributed by atoms with Crippen LogP contribution in [0.4, 0.5) is 13.6 Å². The maximum atomic E-state index is 13.5. The van der Waals surface area contributed by atoms with E-state index in [0.29, 0.717) is 25.6 Å². The Labute approximate surface area is 171 Å². The fourth-order valence-corrected chi connectivity index (χ4v) is 3.22. The molecule has 0 bridgehead atoms. The minimum absolute atomic E-state index is 0.140. The summed E-state index contributed by atoms with van der Waals surface area (Å²) >= 11 is 0. The molecular weight excluding hydrogens is 380 g/mol. The molecule has 0 unspecified atom stereocenters. The van der Waals surface area contributed by atoms with Gasteiger partial charge in [-0.1, -0.05) is 0 Å². The second kappa shape index (κ2) is 10.5. The van der Waals surface area contributed by atoms with Gasteiger partial charge in [-0.05, 0) is 76.4 Å². The van der Waals surface area contributed by atoms with Gasteiger partial charge >= 0.3 is 6.09 Å². The highest BCUT2D eigenvalue weighted by Crippen LogP contribution is 2.17. The van der Waals surface area contributed by atoms with E-state index >= 15 is 0 Å². The van der Waals surface area contributed by atoms with Gasteiger partial charge in [-0.2, -0.15) is 0 Å². The van der Waals surface area contributed by atoms with Crippen LogP contribution >= 0.6 is 0 Å². The molecular formula is C21H31F2N3O3. The van der Waals surface area contributed by atoms with E-state index in [0.717, 1.165) is 38.1 Å². The number of benzene rings is 1. The zero-order valence-electron chi connectivity index (χ0n) is 17.4. The first-order valence-corrected chi connectivity index (χ1v) is 9.97. The molecule has 2 amide bonds. The zero-order chi connectivity index (χ0) is 21.4. The highest BCUT2D eigenvalue weighted by atomic mass is 19.1. The smallest absolute Gasteiger partial charge is 0.407 e. The second-order valence-corrected chi connectivity index (χ2v) is 8.49. The Balaban J connectivity index is 1.66. The largest absolute Gasteiger partial charge is 0.448 e. The average molecular weight is 411 g/mol. The van der Waals surface area contributed by atoms with Crippen molar-refractivity contribution in [2.75, 3.05) is 32.8 Å². The van der Waals surface area contributed by atoms with E-state index in [-0.39, 0.29) is 22.6 Å². The molecule has 0 aliphatic carbocycles. The summed E-state index contributed by atoms with van der Waals surface area (Å²) in [6, 6.07) is 3.58. The summed E-state index contributed by atoms with van der Waals surface area (Å²) in [5.41, 5.74) is -0.0265. The molecule has 8 heteroatoms. The number of alkyl carbamates (subject to hydrolysis) is 1. The molecule has 1 aliphatic rings. The van der Waals surface area contributed by atoms with Crippen molar-refractivity contribution in [3.63, 3.8) is 0 Å². The maximum Gasteiger partial charge on any atom is 0.407 e. The van der Waals surface area contributed by atoms with Gasteiger partial charge < -0.3 is 15.4 Å². The van der Waals surface area contributed by atoms with Crippen LogP contribution in [0.5, 0.6) is 0 Å². The molecule has 0 atom stereocenters. The Hall–Kier alpha value is -2.22. The van der Waals surface area contributed by atoms with Crippen LogP contribution in [0.1, 0.15) is 49.5 Å². The minimum Gasteiger partial charge on any atom is -0.448 e. The minimum atomic E-state index is -0.807. The number of nitrogens with one attached hydrogen (secondary N) is 2. The van der Waals surface area contributed by atoms with Gasteiger partial charge in [0.15, 0.2) is 0 Å². The molecule has 2 rings (SSSR count). The number of rotatable bonds is 7. The number of carbonyl (C=O) groups excluding carboxylic acids is 2. The van der Waals surface area contributed by atoms with E-state index in [9.17, 15) is 18.4 Å². The van der Waals surface area contributed by atoms with Crippen LogP contribution in [0.25, 0.3) is 0 Å². The Bertz CT molecular complexity index is 699. The van der Waals surface area contributed by atoms with E-state index in [1.807, 2.05) is 20.8 Å².